The molecule has 1 heterocycles. The molecule has 1 unspecified atom stereocenters. The smallest absolute Gasteiger partial charge is 0.202 e. The zero-order valence-corrected chi connectivity index (χ0v) is 6.97. The molecule has 62 valence electrons. The Kier molecular flexibility index (Phi) is 3.04. The Labute approximate surface area is 70.7 Å². The maximum Gasteiger partial charge on any atom is 0.202 e. The molecule has 0 aromatic heterocycles. The van der Waals surface area contributed by atoms with Gasteiger partial charge in [0, 0.05) is 18.7 Å². The molecule has 4 nitrogen and oxygen atoms in total. The molecule has 0 radical (unpaired) electrons. The molecule has 0 aromatic carbocycles. The van der Waals surface area contributed by atoms with Crippen molar-refractivity contribution in [1.82, 2.24) is 5.32 Å². The molecular formula is C6H11N3OS. The number of hydrogen-bond donors (Lipinski definition) is 3. The van der Waals surface area contributed by atoms with E-state index in [0.717, 1.165) is 12.3 Å². The quantitative estimate of drug-likeness (QED) is 0.488. The molecule has 0 aliphatic carbocycles. The van der Waals surface area contributed by atoms with Gasteiger partial charge in [-0.15, -0.1) is 12.6 Å². The highest BCUT2D eigenvalue weighted by Gasteiger charge is 2.14. The predicted octanol–water partition coefficient (Wildman–Crippen LogP) is -0.838. The standard InChI is InChI=1S/C6H11N3OS/c7-5(6(10)11)1-4-2-8-3-9-4/h5,8H,1-3,7H2,(H,10,11). The van der Waals surface area contributed by atoms with Crippen LogP contribution in [-0.4, -0.2) is 30.1 Å². The largest absolute Gasteiger partial charge is 0.320 e. The average Bonchev–Trinajstić information content (AvgIpc) is 2.39. The summed E-state index contributed by atoms with van der Waals surface area (Å²) in [6.45, 7) is 1.39. The van der Waals surface area contributed by atoms with Crippen LogP contribution in [-0.2, 0) is 4.79 Å². The number of carbonyl (C=O) groups excluding carboxylic acids is 1. The van der Waals surface area contributed by atoms with E-state index in [0.29, 0.717) is 13.1 Å². The van der Waals surface area contributed by atoms with Gasteiger partial charge in [0.05, 0.1) is 12.7 Å². The fourth-order valence-electron chi connectivity index (χ4n) is 0.902. The number of nitrogens with two attached hydrogens (primary N) is 1. The third kappa shape index (κ3) is 2.61. The number of hydrogen-bond acceptors (Lipinski definition) is 4. The normalized spacial score (nSPS) is 19.6. The monoisotopic (exact) mass is 173 g/mol. The first-order chi connectivity index (χ1) is 5.20. The van der Waals surface area contributed by atoms with Gasteiger partial charge in [-0.2, -0.15) is 0 Å². The van der Waals surface area contributed by atoms with Crippen LogP contribution < -0.4 is 11.1 Å². The summed E-state index contributed by atoms with van der Waals surface area (Å²) in [6.07, 6.45) is 0.523. The summed E-state index contributed by atoms with van der Waals surface area (Å²) in [5.74, 6) is 0. The molecule has 0 bridgehead atoms. The van der Waals surface area contributed by atoms with E-state index in [-0.39, 0.29) is 5.12 Å². The van der Waals surface area contributed by atoms with E-state index in [4.69, 9.17) is 5.73 Å². The van der Waals surface area contributed by atoms with Gasteiger partial charge in [0.1, 0.15) is 0 Å². The van der Waals surface area contributed by atoms with Crippen molar-refractivity contribution in [3.63, 3.8) is 0 Å². The predicted molar refractivity (Wildman–Crippen MR) is 46.9 cm³/mol. The lowest BCUT2D eigenvalue weighted by atomic mass is 10.1. The lowest BCUT2D eigenvalue weighted by molar-refractivity contribution is -0.111. The molecule has 0 saturated carbocycles. The third-order valence-electron chi connectivity index (χ3n) is 1.52. The van der Waals surface area contributed by atoms with Gasteiger partial charge in [0.25, 0.3) is 0 Å². The number of rotatable bonds is 3. The van der Waals surface area contributed by atoms with Crippen LogP contribution in [0.25, 0.3) is 0 Å². The van der Waals surface area contributed by atoms with Crippen molar-refractivity contribution in [2.24, 2.45) is 10.7 Å². The minimum absolute atomic E-state index is 0.278. The van der Waals surface area contributed by atoms with Gasteiger partial charge in [-0.05, 0) is 0 Å². The van der Waals surface area contributed by atoms with Crippen LogP contribution in [0.5, 0.6) is 0 Å². The van der Waals surface area contributed by atoms with E-state index in [1.807, 2.05) is 0 Å². The highest BCUT2D eigenvalue weighted by Crippen LogP contribution is 1.98. The van der Waals surface area contributed by atoms with Crippen molar-refractivity contribution in [3.05, 3.63) is 0 Å². The molecule has 0 fully saturated rings. The second kappa shape index (κ2) is 3.85. The van der Waals surface area contributed by atoms with Crippen molar-refractivity contribution in [2.75, 3.05) is 13.2 Å². The molecule has 3 N–H and O–H groups in total. The first kappa shape index (κ1) is 8.70. The maximum atomic E-state index is 10.6. The number of thiol groups is 1. The van der Waals surface area contributed by atoms with Crippen molar-refractivity contribution >= 4 is 23.5 Å². The van der Waals surface area contributed by atoms with Crippen LogP contribution in [0, 0.1) is 0 Å². The molecule has 1 rings (SSSR count). The van der Waals surface area contributed by atoms with E-state index in [2.05, 4.69) is 22.9 Å². The Balaban J connectivity index is 2.35. The van der Waals surface area contributed by atoms with Gasteiger partial charge in [-0.1, -0.05) is 0 Å². The summed E-state index contributed by atoms with van der Waals surface area (Å²) >= 11 is 3.63. The second-order valence-corrected chi connectivity index (χ2v) is 2.90. The zero-order chi connectivity index (χ0) is 8.27. The van der Waals surface area contributed by atoms with Gasteiger partial charge in [0.15, 0.2) is 0 Å². The summed E-state index contributed by atoms with van der Waals surface area (Å²) in [6, 6.07) is -0.503. The Morgan fingerprint density at radius 2 is 2.64 bits per heavy atom. The highest BCUT2D eigenvalue weighted by atomic mass is 32.1. The Bertz CT molecular complexity index is 192. The van der Waals surface area contributed by atoms with E-state index < -0.39 is 6.04 Å². The molecule has 0 saturated heterocycles. The molecule has 0 spiro atoms. The molecule has 5 heteroatoms. The summed E-state index contributed by atoms with van der Waals surface area (Å²) < 4.78 is 0. The van der Waals surface area contributed by atoms with Crippen LogP contribution in [0.1, 0.15) is 6.42 Å². The van der Waals surface area contributed by atoms with E-state index in [1.165, 1.54) is 0 Å². The zero-order valence-electron chi connectivity index (χ0n) is 6.08. The molecule has 1 aliphatic rings. The lowest BCUT2D eigenvalue weighted by Gasteiger charge is -2.04. The topological polar surface area (TPSA) is 67.5 Å². The number of carbonyl (C=O) groups is 1. The Morgan fingerprint density at radius 3 is 3.09 bits per heavy atom. The molecule has 1 aliphatic heterocycles. The van der Waals surface area contributed by atoms with Gasteiger partial charge in [-0.25, -0.2) is 0 Å². The molecule has 1 atom stereocenters. The number of nitrogens with zero attached hydrogens (tertiary/aromatic N) is 1. The Morgan fingerprint density at radius 1 is 1.91 bits per heavy atom. The number of aliphatic imine (C=N–C) groups is 1. The molecule has 0 amide bonds. The van der Waals surface area contributed by atoms with Gasteiger partial charge in [0.2, 0.25) is 5.12 Å². The third-order valence-corrected chi connectivity index (χ3v) is 1.85. The highest BCUT2D eigenvalue weighted by molar-refractivity contribution is 7.96. The van der Waals surface area contributed by atoms with Crippen LogP contribution in [0.15, 0.2) is 4.99 Å². The van der Waals surface area contributed by atoms with E-state index in [9.17, 15) is 4.79 Å². The fraction of sp³-hybridized carbons (Fsp3) is 0.667. The molecular weight excluding hydrogens is 162 g/mol. The van der Waals surface area contributed by atoms with Crippen molar-refractivity contribution in [1.29, 1.82) is 0 Å². The first-order valence-electron chi connectivity index (χ1n) is 3.41. The van der Waals surface area contributed by atoms with Crippen LogP contribution in [0.3, 0.4) is 0 Å². The first-order valence-corrected chi connectivity index (χ1v) is 3.86. The van der Waals surface area contributed by atoms with E-state index in [1.54, 1.807) is 0 Å². The molecule has 0 aromatic rings. The molecule has 11 heavy (non-hydrogen) atoms. The lowest BCUT2D eigenvalue weighted by Crippen LogP contribution is -2.31. The van der Waals surface area contributed by atoms with Crippen LogP contribution in [0.2, 0.25) is 0 Å². The SMILES string of the molecule is NC(CC1=NCNC1)C(=O)S. The fourth-order valence-corrected chi connectivity index (χ4v) is 0.993. The second-order valence-electron chi connectivity index (χ2n) is 2.46. The van der Waals surface area contributed by atoms with Crippen LogP contribution in [0.4, 0.5) is 0 Å². The van der Waals surface area contributed by atoms with Crippen molar-refractivity contribution in [2.45, 2.75) is 12.5 Å². The average molecular weight is 173 g/mol. The summed E-state index contributed by atoms with van der Waals surface area (Å²) in [7, 11) is 0. The maximum absolute atomic E-state index is 10.6. The summed E-state index contributed by atoms with van der Waals surface area (Å²) in [4.78, 5) is 14.7. The minimum atomic E-state index is -0.503. The Hall–Kier alpha value is -0.390. The minimum Gasteiger partial charge on any atom is -0.320 e. The number of nitrogens with one attached hydrogen (secondary N) is 1. The van der Waals surface area contributed by atoms with Gasteiger partial charge < -0.3 is 5.73 Å². The van der Waals surface area contributed by atoms with Crippen molar-refractivity contribution in [3.8, 4) is 0 Å². The summed E-state index contributed by atoms with van der Waals surface area (Å²) in [5.41, 5.74) is 6.42. The van der Waals surface area contributed by atoms with Crippen LogP contribution >= 0.6 is 12.6 Å². The van der Waals surface area contributed by atoms with Crippen molar-refractivity contribution < 1.29 is 4.79 Å². The summed E-state index contributed by atoms with van der Waals surface area (Å²) in [5, 5.41) is 2.74. The van der Waals surface area contributed by atoms with Gasteiger partial charge >= 0.3 is 0 Å². The van der Waals surface area contributed by atoms with E-state index >= 15 is 0 Å². The van der Waals surface area contributed by atoms with Gasteiger partial charge in [-0.3, -0.25) is 15.1 Å².